The predicted octanol–water partition coefficient (Wildman–Crippen LogP) is 4.20. The molecular weight excluding hydrogens is 411 g/mol. The number of fused-ring (bicyclic) bond motifs is 3. The average Bonchev–Trinajstić information content (AvgIpc) is 3.04. The smallest absolute Gasteiger partial charge is 0.410 e. The molecule has 0 bridgehead atoms. The van der Waals surface area contributed by atoms with E-state index in [9.17, 15) is 9.18 Å². The second-order valence-electron chi connectivity index (χ2n) is 9.27. The van der Waals surface area contributed by atoms with E-state index in [0.29, 0.717) is 18.8 Å². The van der Waals surface area contributed by atoms with Crippen molar-refractivity contribution in [3.05, 3.63) is 35.9 Å². The minimum Gasteiger partial charge on any atom is -0.497 e. The molecule has 1 aromatic carbocycles. The van der Waals surface area contributed by atoms with Gasteiger partial charge in [-0.3, -0.25) is 4.90 Å². The van der Waals surface area contributed by atoms with Crippen molar-refractivity contribution in [1.82, 2.24) is 19.4 Å². The Kier molecular flexibility index (Phi) is 5.99. The van der Waals surface area contributed by atoms with Gasteiger partial charge in [0.2, 0.25) is 5.95 Å². The highest BCUT2D eigenvalue weighted by molar-refractivity contribution is 6.09. The zero-order chi connectivity index (χ0) is 23.0. The van der Waals surface area contributed by atoms with E-state index in [4.69, 9.17) is 9.47 Å². The standard InChI is InChI=1S/C24H31FN4O3/c1-16-22-19(15-21(25)26-16)18-7-6-17(31-5)14-20(18)29(22)13-10-27-8-11-28(12-9-27)23(30)32-24(2,3)4/h6-7,14-15H,8-13H2,1-5H3. The summed E-state index contributed by atoms with van der Waals surface area (Å²) >= 11 is 0. The average molecular weight is 443 g/mol. The van der Waals surface area contributed by atoms with Crippen LogP contribution in [0.5, 0.6) is 5.75 Å². The molecule has 1 fully saturated rings. The van der Waals surface area contributed by atoms with Gasteiger partial charge in [-0.1, -0.05) is 0 Å². The summed E-state index contributed by atoms with van der Waals surface area (Å²) in [6.07, 6.45) is -0.254. The van der Waals surface area contributed by atoms with Crippen molar-refractivity contribution in [2.45, 2.75) is 39.8 Å². The molecule has 0 unspecified atom stereocenters. The lowest BCUT2D eigenvalue weighted by Gasteiger charge is -2.35. The summed E-state index contributed by atoms with van der Waals surface area (Å²) in [5, 5.41) is 1.85. The Morgan fingerprint density at radius 3 is 2.47 bits per heavy atom. The topological polar surface area (TPSA) is 59.8 Å². The number of ether oxygens (including phenoxy) is 2. The van der Waals surface area contributed by atoms with Crippen LogP contribution in [0, 0.1) is 12.9 Å². The molecule has 3 aromatic rings. The van der Waals surface area contributed by atoms with Gasteiger partial charge < -0.3 is 18.9 Å². The Labute approximate surface area is 187 Å². The maximum atomic E-state index is 14.1. The van der Waals surface area contributed by atoms with E-state index in [-0.39, 0.29) is 6.09 Å². The van der Waals surface area contributed by atoms with Crippen molar-refractivity contribution < 1.29 is 18.7 Å². The Hall–Kier alpha value is -2.87. The molecule has 1 saturated heterocycles. The molecule has 1 amide bonds. The number of halogens is 1. The van der Waals surface area contributed by atoms with Crippen LogP contribution in [0.15, 0.2) is 24.3 Å². The van der Waals surface area contributed by atoms with Gasteiger partial charge >= 0.3 is 6.09 Å². The van der Waals surface area contributed by atoms with Crippen LogP contribution >= 0.6 is 0 Å². The van der Waals surface area contributed by atoms with E-state index in [0.717, 1.165) is 53.7 Å². The molecule has 1 aliphatic heterocycles. The van der Waals surface area contributed by atoms with Crippen LogP contribution in [0.1, 0.15) is 26.5 Å². The Balaban J connectivity index is 1.53. The van der Waals surface area contributed by atoms with Crippen LogP contribution in [-0.4, -0.2) is 70.9 Å². The largest absolute Gasteiger partial charge is 0.497 e. The third-order valence-electron chi connectivity index (χ3n) is 5.86. The molecule has 0 N–H and O–H groups in total. The molecule has 0 spiro atoms. The second-order valence-corrected chi connectivity index (χ2v) is 9.27. The number of rotatable bonds is 4. The minimum atomic E-state index is -0.489. The monoisotopic (exact) mass is 442 g/mol. The van der Waals surface area contributed by atoms with Gasteiger partial charge in [0.25, 0.3) is 0 Å². The Morgan fingerprint density at radius 2 is 1.81 bits per heavy atom. The number of nitrogens with zero attached hydrogens (tertiary/aromatic N) is 4. The molecule has 3 heterocycles. The van der Waals surface area contributed by atoms with Crippen molar-refractivity contribution in [2.24, 2.45) is 0 Å². The number of piperazine rings is 1. The van der Waals surface area contributed by atoms with Crippen LogP contribution in [-0.2, 0) is 11.3 Å². The fourth-order valence-corrected chi connectivity index (χ4v) is 4.34. The maximum Gasteiger partial charge on any atom is 0.410 e. The van der Waals surface area contributed by atoms with Crippen LogP contribution in [0.4, 0.5) is 9.18 Å². The highest BCUT2D eigenvalue weighted by atomic mass is 19.1. The molecule has 0 aliphatic carbocycles. The highest BCUT2D eigenvalue weighted by Crippen LogP contribution is 2.33. The normalized spacial score (nSPS) is 15.5. The van der Waals surface area contributed by atoms with Gasteiger partial charge in [-0.15, -0.1) is 0 Å². The number of aromatic nitrogens is 2. The van der Waals surface area contributed by atoms with Crippen molar-refractivity contribution in [1.29, 1.82) is 0 Å². The van der Waals surface area contributed by atoms with E-state index in [1.165, 1.54) is 6.07 Å². The van der Waals surface area contributed by atoms with Crippen LogP contribution in [0.2, 0.25) is 0 Å². The van der Waals surface area contributed by atoms with E-state index in [1.807, 2.05) is 45.9 Å². The quantitative estimate of drug-likeness (QED) is 0.567. The van der Waals surface area contributed by atoms with Gasteiger partial charge in [-0.05, 0) is 39.8 Å². The number of hydrogen-bond acceptors (Lipinski definition) is 5. The summed E-state index contributed by atoms with van der Waals surface area (Å²) in [6, 6.07) is 7.38. The lowest BCUT2D eigenvalue weighted by Crippen LogP contribution is -2.50. The first-order valence-corrected chi connectivity index (χ1v) is 11.0. The highest BCUT2D eigenvalue weighted by Gasteiger charge is 2.26. The van der Waals surface area contributed by atoms with E-state index in [1.54, 1.807) is 12.0 Å². The van der Waals surface area contributed by atoms with Gasteiger partial charge in [0.15, 0.2) is 0 Å². The molecule has 0 radical (unpaired) electrons. The Morgan fingerprint density at radius 1 is 1.09 bits per heavy atom. The number of carbonyl (C=O) groups is 1. The van der Waals surface area contributed by atoms with Crippen molar-refractivity contribution in [3.63, 3.8) is 0 Å². The zero-order valence-corrected chi connectivity index (χ0v) is 19.4. The second kappa shape index (κ2) is 8.58. The lowest BCUT2D eigenvalue weighted by molar-refractivity contribution is 0.0143. The molecule has 0 atom stereocenters. The van der Waals surface area contributed by atoms with E-state index in [2.05, 4.69) is 14.5 Å². The van der Waals surface area contributed by atoms with Gasteiger partial charge in [-0.25, -0.2) is 9.78 Å². The molecule has 7 nitrogen and oxygen atoms in total. The van der Waals surface area contributed by atoms with Crippen LogP contribution < -0.4 is 4.74 Å². The Bertz CT molecular complexity index is 1140. The molecule has 0 saturated carbocycles. The zero-order valence-electron chi connectivity index (χ0n) is 19.4. The van der Waals surface area contributed by atoms with E-state index < -0.39 is 11.5 Å². The number of amides is 1. The fraction of sp³-hybridized carbons (Fsp3) is 0.500. The van der Waals surface area contributed by atoms with Gasteiger partial charge in [-0.2, -0.15) is 4.39 Å². The number of benzene rings is 1. The first kappa shape index (κ1) is 22.3. The third-order valence-corrected chi connectivity index (χ3v) is 5.86. The fourth-order valence-electron chi connectivity index (χ4n) is 4.34. The summed E-state index contributed by atoms with van der Waals surface area (Å²) in [5.41, 5.74) is 2.13. The summed E-state index contributed by atoms with van der Waals surface area (Å²) in [4.78, 5) is 20.5. The number of carbonyl (C=O) groups excluding carboxylic acids is 1. The third kappa shape index (κ3) is 4.50. The van der Waals surface area contributed by atoms with Crippen LogP contribution in [0.25, 0.3) is 21.8 Å². The van der Waals surface area contributed by atoms with Crippen molar-refractivity contribution in [3.8, 4) is 5.75 Å². The van der Waals surface area contributed by atoms with Gasteiger partial charge in [0.1, 0.15) is 11.4 Å². The number of hydrogen-bond donors (Lipinski definition) is 0. The van der Waals surface area contributed by atoms with Gasteiger partial charge in [0.05, 0.1) is 23.8 Å². The number of aryl methyl sites for hydroxylation is 1. The summed E-state index contributed by atoms with van der Waals surface area (Å²) in [5.74, 6) is 0.293. The first-order chi connectivity index (χ1) is 15.2. The van der Waals surface area contributed by atoms with Crippen molar-refractivity contribution in [2.75, 3.05) is 39.8 Å². The van der Waals surface area contributed by atoms with E-state index >= 15 is 0 Å². The maximum absolute atomic E-state index is 14.1. The SMILES string of the molecule is COc1ccc2c3cc(F)nc(C)c3n(CCN3CCN(C(=O)OC(C)(C)C)CC3)c2c1. The number of pyridine rings is 1. The molecular formula is C24H31FN4O3. The molecule has 4 rings (SSSR count). The summed E-state index contributed by atoms with van der Waals surface area (Å²) < 4.78 is 27.2. The number of methoxy groups -OCH3 is 1. The molecule has 32 heavy (non-hydrogen) atoms. The minimum absolute atomic E-state index is 0.254. The molecule has 1 aliphatic rings. The molecule has 2 aromatic heterocycles. The van der Waals surface area contributed by atoms with Crippen LogP contribution in [0.3, 0.4) is 0 Å². The van der Waals surface area contributed by atoms with Gasteiger partial charge in [0, 0.05) is 62.2 Å². The predicted molar refractivity (Wildman–Crippen MR) is 123 cm³/mol. The van der Waals surface area contributed by atoms with Crippen molar-refractivity contribution >= 4 is 27.9 Å². The molecule has 8 heteroatoms. The summed E-state index contributed by atoms with van der Waals surface area (Å²) in [6.45, 7) is 11.9. The molecule has 172 valence electrons. The summed E-state index contributed by atoms with van der Waals surface area (Å²) in [7, 11) is 1.64. The lowest BCUT2D eigenvalue weighted by atomic mass is 10.1. The first-order valence-electron chi connectivity index (χ1n) is 11.0.